The molecule has 0 amide bonds. The Bertz CT molecular complexity index is 601. The van der Waals surface area contributed by atoms with E-state index in [0.717, 1.165) is 11.6 Å². The molecule has 1 aromatic carbocycles. The Labute approximate surface area is 125 Å². The van der Waals surface area contributed by atoms with Crippen LogP contribution in [0.2, 0.25) is 0 Å². The number of halogens is 4. The van der Waals surface area contributed by atoms with Crippen molar-refractivity contribution in [1.29, 1.82) is 5.26 Å². The summed E-state index contributed by atoms with van der Waals surface area (Å²) in [4.78, 5) is -2.59. The molecule has 0 radical (unpaired) electrons. The van der Waals surface area contributed by atoms with E-state index in [1.807, 2.05) is 6.07 Å². The maximum Gasteiger partial charge on any atom is 0.415 e. The number of nitriles is 1. The van der Waals surface area contributed by atoms with E-state index in [9.17, 15) is 13.2 Å². The lowest BCUT2D eigenvalue weighted by Gasteiger charge is -2.34. The van der Waals surface area contributed by atoms with Gasteiger partial charge in [0.05, 0.1) is 12.5 Å². The normalized spacial score (nSPS) is 24.6. The van der Waals surface area contributed by atoms with Crippen molar-refractivity contribution >= 4 is 11.6 Å². The maximum atomic E-state index is 13.1. The van der Waals surface area contributed by atoms with Gasteiger partial charge in [0, 0.05) is 0 Å². The van der Waals surface area contributed by atoms with Gasteiger partial charge in [-0.3, -0.25) is 0 Å². The van der Waals surface area contributed by atoms with Crippen molar-refractivity contribution in [2.45, 2.75) is 23.6 Å². The van der Waals surface area contributed by atoms with Crippen LogP contribution in [0.3, 0.4) is 0 Å². The highest BCUT2D eigenvalue weighted by molar-refractivity contribution is 6.26. The average Bonchev–Trinajstić information content (AvgIpc) is 2.43. The second-order valence-corrected chi connectivity index (χ2v) is 5.15. The molecule has 0 heterocycles. The zero-order valence-electron chi connectivity index (χ0n) is 10.8. The fourth-order valence-corrected chi connectivity index (χ4v) is 2.09. The quantitative estimate of drug-likeness (QED) is 0.785. The van der Waals surface area contributed by atoms with Gasteiger partial charge >= 0.3 is 6.18 Å². The van der Waals surface area contributed by atoms with E-state index in [0.29, 0.717) is 0 Å². The Morgan fingerprint density at radius 3 is 2.48 bits per heavy atom. The lowest BCUT2D eigenvalue weighted by atomic mass is 9.95. The van der Waals surface area contributed by atoms with Gasteiger partial charge in [0.15, 0.2) is 4.87 Å². The Hall–Kier alpha value is -1.93. The van der Waals surface area contributed by atoms with Gasteiger partial charge in [-0.25, -0.2) is 0 Å². The van der Waals surface area contributed by atoms with E-state index in [2.05, 4.69) is 0 Å². The van der Waals surface area contributed by atoms with Gasteiger partial charge in [0.2, 0.25) is 0 Å². The molecule has 0 saturated carbocycles. The molecule has 2 rings (SSSR count). The molecule has 110 valence electrons. The Morgan fingerprint density at radius 1 is 1.24 bits per heavy atom. The summed E-state index contributed by atoms with van der Waals surface area (Å²) in [5, 5.41) is 8.57. The van der Waals surface area contributed by atoms with Crippen LogP contribution in [-0.4, -0.2) is 17.2 Å². The molecule has 2 unspecified atom stereocenters. The second kappa shape index (κ2) is 5.82. The number of allylic oxidation sites excluding steroid dienone is 2. The van der Waals surface area contributed by atoms with Crippen LogP contribution in [0, 0.1) is 11.3 Å². The summed E-state index contributed by atoms with van der Waals surface area (Å²) in [6, 6.07) is 8.29. The van der Waals surface area contributed by atoms with Gasteiger partial charge in [-0.05, 0) is 23.8 Å². The zero-order chi connectivity index (χ0) is 15.5. The highest BCUT2D eigenvalue weighted by Crippen LogP contribution is 2.43. The fourth-order valence-electron chi connectivity index (χ4n) is 1.90. The molecular formula is C15H11ClF3NO. The Kier molecular flexibility index (Phi) is 4.29. The van der Waals surface area contributed by atoms with Crippen molar-refractivity contribution in [3.05, 3.63) is 54.1 Å². The third-order valence-corrected chi connectivity index (χ3v) is 3.61. The molecule has 0 spiro atoms. The molecule has 0 N–H and O–H groups in total. The molecule has 0 saturated heterocycles. The summed E-state index contributed by atoms with van der Waals surface area (Å²) in [6.07, 6.45) is -0.911. The van der Waals surface area contributed by atoms with Crippen LogP contribution >= 0.6 is 11.6 Å². The lowest BCUT2D eigenvalue weighted by Crippen LogP contribution is -2.50. The predicted octanol–water partition coefficient (Wildman–Crippen LogP) is 4.17. The molecule has 0 bridgehead atoms. The summed E-state index contributed by atoms with van der Waals surface area (Å²) in [6.45, 7) is 0. The molecule has 1 aliphatic rings. The Balaban J connectivity index is 2.19. The zero-order valence-corrected chi connectivity index (χ0v) is 11.5. The van der Waals surface area contributed by atoms with Gasteiger partial charge in [-0.2, -0.15) is 18.4 Å². The molecule has 1 aliphatic carbocycles. The molecule has 0 fully saturated rings. The molecule has 1 aromatic rings. The number of rotatable bonds is 3. The number of hydrogen-bond donors (Lipinski definition) is 0. The topological polar surface area (TPSA) is 33.0 Å². The van der Waals surface area contributed by atoms with E-state index in [1.54, 1.807) is 12.1 Å². The van der Waals surface area contributed by atoms with Crippen molar-refractivity contribution in [2.24, 2.45) is 0 Å². The minimum Gasteiger partial charge on any atom is -0.484 e. The van der Waals surface area contributed by atoms with Crippen molar-refractivity contribution in [3.63, 3.8) is 0 Å². The van der Waals surface area contributed by atoms with Gasteiger partial charge in [0.25, 0.3) is 0 Å². The largest absolute Gasteiger partial charge is 0.484 e. The first kappa shape index (κ1) is 15.5. The third-order valence-electron chi connectivity index (χ3n) is 3.05. The van der Waals surface area contributed by atoms with Crippen LogP contribution in [0.1, 0.15) is 5.56 Å². The highest BCUT2D eigenvalue weighted by atomic mass is 35.5. The molecule has 0 aromatic heterocycles. The minimum atomic E-state index is -4.64. The number of ether oxygens (including phenoxy) is 1. The van der Waals surface area contributed by atoms with Crippen molar-refractivity contribution in [2.75, 3.05) is 0 Å². The molecular weight excluding hydrogens is 303 g/mol. The average molecular weight is 314 g/mol. The number of nitrogens with zero attached hydrogens (tertiary/aromatic N) is 1. The number of alkyl halides is 4. The maximum absolute atomic E-state index is 13.1. The van der Waals surface area contributed by atoms with Crippen LogP contribution in [-0.2, 0) is 6.42 Å². The van der Waals surface area contributed by atoms with Gasteiger partial charge in [-0.1, -0.05) is 30.4 Å². The van der Waals surface area contributed by atoms with Gasteiger partial charge < -0.3 is 4.74 Å². The first-order valence-electron chi connectivity index (χ1n) is 6.11. The monoisotopic (exact) mass is 313 g/mol. The molecule has 21 heavy (non-hydrogen) atoms. The highest BCUT2D eigenvalue weighted by Gasteiger charge is 2.58. The minimum absolute atomic E-state index is 0.230. The van der Waals surface area contributed by atoms with E-state index in [4.69, 9.17) is 21.6 Å². The molecule has 0 aliphatic heterocycles. The molecule has 6 heteroatoms. The van der Waals surface area contributed by atoms with Crippen molar-refractivity contribution < 1.29 is 17.9 Å². The first-order valence-corrected chi connectivity index (χ1v) is 6.49. The van der Waals surface area contributed by atoms with Crippen LogP contribution < -0.4 is 4.74 Å². The summed E-state index contributed by atoms with van der Waals surface area (Å²) in [5.41, 5.74) is 0.761. The van der Waals surface area contributed by atoms with E-state index in [1.165, 1.54) is 30.4 Å². The third kappa shape index (κ3) is 3.22. The van der Waals surface area contributed by atoms with E-state index < -0.39 is 17.2 Å². The van der Waals surface area contributed by atoms with Gasteiger partial charge in [0.1, 0.15) is 11.9 Å². The van der Waals surface area contributed by atoms with Crippen molar-refractivity contribution in [3.8, 4) is 11.8 Å². The summed E-state index contributed by atoms with van der Waals surface area (Å²) >= 11 is 5.72. The molecule has 2 atom stereocenters. The second-order valence-electron chi connectivity index (χ2n) is 4.53. The van der Waals surface area contributed by atoms with E-state index >= 15 is 0 Å². The smallest absolute Gasteiger partial charge is 0.415 e. The summed E-state index contributed by atoms with van der Waals surface area (Å²) in [7, 11) is 0. The molecule has 2 nitrogen and oxygen atoms in total. The standard InChI is InChI=1S/C15H11ClF3NO/c16-14(15(17,18)19)9-2-1-3-13(14)21-12-6-4-11(5-7-12)8-10-20/h1-7,9,13H,8H2. The SMILES string of the molecule is N#CCc1ccc(OC2C=CC=CC2(Cl)C(F)(F)F)cc1. The lowest BCUT2D eigenvalue weighted by molar-refractivity contribution is -0.164. The number of hydrogen-bond acceptors (Lipinski definition) is 2. The van der Waals surface area contributed by atoms with Gasteiger partial charge in [-0.15, -0.1) is 11.6 Å². The van der Waals surface area contributed by atoms with Crippen molar-refractivity contribution in [1.82, 2.24) is 0 Å². The Morgan fingerprint density at radius 2 is 1.90 bits per heavy atom. The summed E-state index contributed by atoms with van der Waals surface area (Å²) in [5.74, 6) is 0.260. The summed E-state index contributed by atoms with van der Waals surface area (Å²) < 4.78 is 44.7. The first-order chi connectivity index (χ1) is 9.87. The predicted molar refractivity (Wildman–Crippen MR) is 73.1 cm³/mol. The van der Waals surface area contributed by atoms with Crippen LogP contribution in [0.25, 0.3) is 0 Å². The fraction of sp³-hybridized carbons (Fsp3) is 0.267. The van der Waals surface area contributed by atoms with Crippen LogP contribution in [0.5, 0.6) is 5.75 Å². The van der Waals surface area contributed by atoms with Crippen LogP contribution in [0.4, 0.5) is 13.2 Å². The van der Waals surface area contributed by atoms with E-state index in [-0.39, 0.29) is 12.2 Å². The van der Waals surface area contributed by atoms with Crippen LogP contribution in [0.15, 0.2) is 48.6 Å². The number of benzene rings is 1.